The van der Waals surface area contributed by atoms with Crippen LogP contribution in [0.25, 0.3) is 0 Å². The number of aromatic nitrogens is 3. The first kappa shape index (κ1) is 25.3. The van der Waals surface area contributed by atoms with Gasteiger partial charge in [0.05, 0.1) is 6.54 Å². The number of nitrogens with one attached hydrogen (secondary N) is 1. The second-order valence-corrected chi connectivity index (χ2v) is 11.1. The monoisotopic (exact) mass is 491 g/mol. The maximum atomic E-state index is 14.3. The summed E-state index contributed by atoms with van der Waals surface area (Å²) in [5.74, 6) is 1.37. The summed E-state index contributed by atoms with van der Waals surface area (Å²) in [5.41, 5.74) is 0.251. The fraction of sp³-hybridized carbons (Fsp3) is 0.524. The zero-order valence-corrected chi connectivity index (χ0v) is 19.4. The number of halogens is 5. The van der Waals surface area contributed by atoms with Gasteiger partial charge in [-0.1, -0.05) is 32.7 Å². The molecule has 0 fully saturated rings. The highest BCUT2D eigenvalue weighted by Gasteiger charge is 2.40. The number of rotatable bonds is 6. The van der Waals surface area contributed by atoms with Crippen molar-refractivity contribution in [1.29, 1.82) is 0 Å². The Kier molecular flexibility index (Phi) is 7.27. The zero-order chi connectivity index (χ0) is 24.6. The molecule has 6 nitrogen and oxygen atoms in total. The van der Waals surface area contributed by atoms with Crippen molar-refractivity contribution < 1.29 is 26.7 Å². The predicted octanol–water partition coefficient (Wildman–Crippen LogP) is 3.92. The Morgan fingerprint density at radius 1 is 1.21 bits per heavy atom. The number of fused-ring (bicyclic) bond motifs is 1. The van der Waals surface area contributed by atoms with Gasteiger partial charge in [-0.2, -0.15) is 13.2 Å². The minimum Gasteiger partial charge on any atom is -0.333 e. The van der Waals surface area contributed by atoms with Crippen molar-refractivity contribution in [2.45, 2.75) is 63.7 Å². The number of carbonyl (C=O) groups excluding carboxylic acids is 1. The van der Waals surface area contributed by atoms with Gasteiger partial charge in [0.1, 0.15) is 11.6 Å². The van der Waals surface area contributed by atoms with Crippen LogP contribution in [0.3, 0.4) is 0 Å². The van der Waals surface area contributed by atoms with E-state index in [0.29, 0.717) is 0 Å². The third-order valence-electron chi connectivity index (χ3n) is 5.31. The molecule has 2 heterocycles. The molecule has 0 spiro atoms. The molecule has 1 aliphatic heterocycles. The van der Waals surface area contributed by atoms with Crippen LogP contribution in [0.1, 0.15) is 44.4 Å². The first-order valence-corrected chi connectivity index (χ1v) is 11.7. The van der Waals surface area contributed by atoms with Gasteiger partial charge in [-0.25, -0.2) is 8.78 Å². The second kappa shape index (κ2) is 9.49. The number of benzene rings is 1. The van der Waals surface area contributed by atoms with Crippen LogP contribution >= 0.6 is 10.7 Å². The van der Waals surface area contributed by atoms with Gasteiger partial charge < -0.3 is 9.47 Å². The molecule has 1 aromatic carbocycles. The highest BCUT2D eigenvalue weighted by Crippen LogP contribution is 2.30. The molecule has 0 bridgehead atoms. The Balaban J connectivity index is 1.75. The molecule has 1 aliphatic rings. The summed E-state index contributed by atoms with van der Waals surface area (Å²) in [4.78, 5) is 14.4. The second-order valence-electron chi connectivity index (χ2n) is 8.87. The molecule has 1 amide bonds. The van der Waals surface area contributed by atoms with Gasteiger partial charge in [0.2, 0.25) is 11.7 Å². The van der Waals surface area contributed by atoms with Crippen LogP contribution < -0.4 is 4.72 Å². The van der Waals surface area contributed by atoms with Crippen molar-refractivity contribution in [3.05, 3.63) is 47.0 Å². The van der Waals surface area contributed by atoms with Crippen molar-refractivity contribution in [3.8, 4) is 0 Å². The molecule has 1 aromatic heterocycles. The fourth-order valence-electron chi connectivity index (χ4n) is 3.41. The fourth-order valence-corrected chi connectivity index (χ4v) is 4.33. The van der Waals surface area contributed by atoms with E-state index in [4.69, 9.17) is 0 Å². The standard InChI is InChI=1S/C21H26F5N5OS/c1-20(2,3)33(4)29-15(9-13-5-6-14(22)10-16(13)23)11-18(32)30-7-8-31-17(12-30)27-28-19(31)21(24,25)26/h5-6,10,15,29H,4,7-9,11-12H2,1-3H3/t15-,33?/m1/s1. The van der Waals surface area contributed by atoms with Crippen molar-refractivity contribution in [1.82, 2.24) is 24.4 Å². The SMILES string of the molecule is C=S(N[C@@H](CC(=O)N1CCn2c(nnc2C(F)(F)F)C1)Cc1ccc(F)cc1F)C(C)(C)C. The lowest BCUT2D eigenvalue weighted by atomic mass is 10.0. The van der Waals surface area contributed by atoms with Crippen LogP contribution in [-0.4, -0.2) is 48.8 Å². The molecule has 12 heteroatoms. The van der Waals surface area contributed by atoms with E-state index in [2.05, 4.69) is 20.8 Å². The lowest BCUT2D eigenvalue weighted by molar-refractivity contribution is -0.148. The summed E-state index contributed by atoms with van der Waals surface area (Å²) in [6.45, 7) is 5.82. The summed E-state index contributed by atoms with van der Waals surface area (Å²) in [6.07, 6.45) is -4.54. The highest BCUT2D eigenvalue weighted by atomic mass is 32.2. The van der Waals surface area contributed by atoms with Crippen molar-refractivity contribution in [2.75, 3.05) is 6.54 Å². The minimum atomic E-state index is -4.62. The Labute approximate surface area is 191 Å². The average Bonchev–Trinajstić information content (AvgIpc) is 3.13. The van der Waals surface area contributed by atoms with E-state index < -0.39 is 40.3 Å². The lowest BCUT2D eigenvalue weighted by Gasteiger charge is -2.32. The van der Waals surface area contributed by atoms with E-state index in [-0.39, 0.29) is 54.5 Å². The molecule has 182 valence electrons. The Morgan fingerprint density at radius 3 is 2.52 bits per heavy atom. The average molecular weight is 492 g/mol. The molecule has 0 saturated heterocycles. The molecule has 2 aromatic rings. The lowest BCUT2D eigenvalue weighted by Crippen LogP contribution is -2.43. The van der Waals surface area contributed by atoms with E-state index in [1.165, 1.54) is 11.0 Å². The molecular formula is C21H26F5N5OS. The topological polar surface area (TPSA) is 63.1 Å². The Morgan fingerprint density at radius 2 is 1.91 bits per heavy atom. The molecule has 1 N–H and O–H groups in total. The van der Waals surface area contributed by atoms with Crippen LogP contribution in [0.4, 0.5) is 22.0 Å². The van der Waals surface area contributed by atoms with Crippen LogP contribution in [0, 0.1) is 11.6 Å². The molecule has 0 saturated carbocycles. The quantitative estimate of drug-likeness (QED) is 0.492. The third kappa shape index (κ3) is 6.17. The summed E-state index contributed by atoms with van der Waals surface area (Å²) in [7, 11) is -0.585. The number of alkyl halides is 3. The molecule has 3 rings (SSSR count). The number of carbonyl (C=O) groups is 1. The number of hydrogen-bond acceptors (Lipinski definition) is 4. The van der Waals surface area contributed by atoms with E-state index in [9.17, 15) is 26.7 Å². The van der Waals surface area contributed by atoms with Crippen molar-refractivity contribution in [3.63, 3.8) is 0 Å². The van der Waals surface area contributed by atoms with Gasteiger partial charge in [-0.3, -0.25) is 9.52 Å². The van der Waals surface area contributed by atoms with Crippen LogP contribution in [0.15, 0.2) is 18.2 Å². The van der Waals surface area contributed by atoms with Crippen molar-refractivity contribution >= 4 is 22.4 Å². The number of hydrogen-bond donors (Lipinski definition) is 1. The van der Waals surface area contributed by atoms with Gasteiger partial charge in [-0.15, -0.1) is 20.9 Å². The molecule has 33 heavy (non-hydrogen) atoms. The van der Waals surface area contributed by atoms with Gasteiger partial charge in [0.15, 0.2) is 5.82 Å². The maximum absolute atomic E-state index is 14.3. The van der Waals surface area contributed by atoms with Crippen LogP contribution in [0.5, 0.6) is 0 Å². The molecule has 1 unspecified atom stereocenters. The molecular weight excluding hydrogens is 465 g/mol. The summed E-state index contributed by atoms with van der Waals surface area (Å²) in [5, 5.41) is 6.81. The maximum Gasteiger partial charge on any atom is 0.451 e. The van der Waals surface area contributed by atoms with E-state index in [1.54, 1.807) is 0 Å². The highest BCUT2D eigenvalue weighted by molar-refractivity contribution is 8.13. The van der Waals surface area contributed by atoms with Gasteiger partial charge in [0, 0.05) is 36.4 Å². The Hall–Kier alpha value is -2.34. The first-order valence-electron chi connectivity index (χ1n) is 10.3. The number of amides is 1. The van der Waals surface area contributed by atoms with Crippen LogP contribution in [0.2, 0.25) is 0 Å². The third-order valence-corrected chi connectivity index (χ3v) is 7.41. The summed E-state index contributed by atoms with van der Waals surface area (Å²) >= 11 is 0. The van der Waals surface area contributed by atoms with Crippen LogP contribution in [-0.2, 0) is 30.5 Å². The Bertz CT molecular complexity index is 1050. The van der Waals surface area contributed by atoms with E-state index >= 15 is 0 Å². The van der Waals surface area contributed by atoms with E-state index in [0.717, 1.165) is 16.7 Å². The summed E-state index contributed by atoms with van der Waals surface area (Å²) < 4.78 is 70.7. The molecule has 0 radical (unpaired) electrons. The number of nitrogens with zero attached hydrogens (tertiary/aromatic N) is 4. The smallest absolute Gasteiger partial charge is 0.333 e. The van der Waals surface area contributed by atoms with E-state index in [1.807, 2.05) is 20.8 Å². The summed E-state index contributed by atoms with van der Waals surface area (Å²) in [6, 6.07) is 2.77. The van der Waals surface area contributed by atoms with Crippen molar-refractivity contribution in [2.24, 2.45) is 0 Å². The molecule has 0 aliphatic carbocycles. The van der Waals surface area contributed by atoms with Gasteiger partial charge in [0.25, 0.3) is 0 Å². The molecule has 2 atom stereocenters. The largest absolute Gasteiger partial charge is 0.451 e. The first-order chi connectivity index (χ1) is 15.3. The predicted molar refractivity (Wildman–Crippen MR) is 117 cm³/mol. The zero-order valence-electron chi connectivity index (χ0n) is 18.5. The van der Waals surface area contributed by atoms with Gasteiger partial charge in [-0.05, 0) is 18.1 Å². The van der Waals surface area contributed by atoms with Gasteiger partial charge >= 0.3 is 6.18 Å². The normalized spacial score (nSPS) is 16.4. The minimum absolute atomic E-state index is 0.0355.